The molecule has 0 aromatic carbocycles. The van der Waals surface area contributed by atoms with E-state index in [1.165, 1.54) is 6.92 Å². The van der Waals surface area contributed by atoms with Gasteiger partial charge in [-0.25, -0.2) is 8.78 Å². The monoisotopic (exact) mass is 189 g/mol. The van der Waals surface area contributed by atoms with Crippen molar-refractivity contribution in [1.82, 2.24) is 4.98 Å². The van der Waals surface area contributed by atoms with E-state index in [1.54, 1.807) is 0 Å². The molecule has 0 amide bonds. The van der Waals surface area contributed by atoms with Crippen LogP contribution in [-0.4, -0.2) is 10.1 Å². The van der Waals surface area contributed by atoms with Gasteiger partial charge in [-0.15, -0.1) is 0 Å². The van der Waals surface area contributed by atoms with Crippen LogP contribution in [0.25, 0.3) is 0 Å². The predicted molar refractivity (Wildman–Crippen MR) is 42.7 cm³/mol. The third kappa shape index (κ3) is 1.92. The summed E-state index contributed by atoms with van der Waals surface area (Å²) in [4.78, 5) is 13.0. The Balaban J connectivity index is 3.29. The van der Waals surface area contributed by atoms with Crippen molar-refractivity contribution in [3.8, 4) is 0 Å². The first-order valence-corrected chi connectivity index (χ1v) is 3.68. The molecule has 0 saturated heterocycles. The van der Waals surface area contributed by atoms with Crippen molar-refractivity contribution in [2.45, 2.75) is 20.0 Å². The first kappa shape index (κ1) is 9.85. The van der Waals surface area contributed by atoms with Crippen LogP contribution in [0.4, 0.5) is 8.78 Å². The number of pyridine rings is 1. The van der Waals surface area contributed by atoms with Crippen molar-refractivity contribution >= 4 is 0 Å². The molecule has 0 aliphatic rings. The van der Waals surface area contributed by atoms with Crippen LogP contribution in [0.5, 0.6) is 0 Å². The number of alkyl halides is 2. The molecule has 2 N–H and O–H groups in total. The molecule has 0 spiro atoms. The highest BCUT2D eigenvalue weighted by Crippen LogP contribution is 2.16. The summed E-state index contributed by atoms with van der Waals surface area (Å²) in [7, 11) is 0. The van der Waals surface area contributed by atoms with Crippen molar-refractivity contribution in [3.05, 3.63) is 33.2 Å². The van der Waals surface area contributed by atoms with Gasteiger partial charge < -0.3 is 10.1 Å². The molecule has 3 nitrogen and oxygen atoms in total. The van der Waals surface area contributed by atoms with E-state index in [1.807, 2.05) is 4.98 Å². The highest BCUT2D eigenvalue weighted by atomic mass is 19.3. The smallest absolute Gasteiger partial charge is 0.278 e. The van der Waals surface area contributed by atoms with Crippen molar-refractivity contribution in [3.63, 3.8) is 0 Å². The fraction of sp³-hybridized carbons (Fsp3) is 0.375. The third-order valence-corrected chi connectivity index (χ3v) is 1.77. The van der Waals surface area contributed by atoms with Gasteiger partial charge in [0, 0.05) is 5.56 Å². The van der Waals surface area contributed by atoms with Crippen molar-refractivity contribution in [2.24, 2.45) is 0 Å². The van der Waals surface area contributed by atoms with Gasteiger partial charge in [0.25, 0.3) is 12.0 Å². The molecule has 0 atom stereocenters. The van der Waals surface area contributed by atoms with Gasteiger partial charge in [0.2, 0.25) is 0 Å². The van der Waals surface area contributed by atoms with E-state index in [0.29, 0.717) is 5.56 Å². The molecule has 1 aromatic heterocycles. The molecule has 13 heavy (non-hydrogen) atoms. The van der Waals surface area contributed by atoms with E-state index in [0.717, 1.165) is 6.07 Å². The van der Waals surface area contributed by atoms with Gasteiger partial charge in [0.1, 0.15) is 0 Å². The van der Waals surface area contributed by atoms with E-state index in [-0.39, 0.29) is 5.56 Å². The van der Waals surface area contributed by atoms with Gasteiger partial charge >= 0.3 is 0 Å². The van der Waals surface area contributed by atoms with Crippen LogP contribution in [0.15, 0.2) is 10.9 Å². The first-order chi connectivity index (χ1) is 6.06. The number of hydrogen-bond donors (Lipinski definition) is 2. The standard InChI is InChI=1S/C8H9F2NO2/c1-4-2-6(7(9)10)11-8(13)5(4)3-12/h2,7,12H,3H2,1H3,(H,11,13). The van der Waals surface area contributed by atoms with Crippen molar-refractivity contribution < 1.29 is 13.9 Å². The van der Waals surface area contributed by atoms with Crippen molar-refractivity contribution in [1.29, 1.82) is 0 Å². The number of nitrogens with one attached hydrogen (secondary N) is 1. The zero-order valence-electron chi connectivity index (χ0n) is 6.97. The quantitative estimate of drug-likeness (QED) is 0.732. The van der Waals surface area contributed by atoms with Crippen LogP contribution < -0.4 is 5.56 Å². The second-order valence-corrected chi connectivity index (χ2v) is 2.67. The second kappa shape index (κ2) is 3.66. The summed E-state index contributed by atoms with van der Waals surface area (Å²) in [5.41, 5.74) is -0.566. The Labute approximate surface area is 73.0 Å². The summed E-state index contributed by atoms with van der Waals surface area (Å²) < 4.78 is 24.3. The Kier molecular flexibility index (Phi) is 2.77. The fourth-order valence-corrected chi connectivity index (χ4v) is 1.06. The third-order valence-electron chi connectivity index (χ3n) is 1.77. The molecule has 0 bridgehead atoms. The number of aromatic amines is 1. The molecule has 0 aliphatic carbocycles. The summed E-state index contributed by atoms with van der Waals surface area (Å²) in [6, 6.07) is 1.16. The molecule has 1 rings (SSSR count). The molecule has 5 heteroatoms. The molecular formula is C8H9F2NO2. The normalized spacial score (nSPS) is 10.8. The SMILES string of the molecule is Cc1cc(C(F)F)[nH]c(=O)c1CO. The highest BCUT2D eigenvalue weighted by molar-refractivity contribution is 5.25. The van der Waals surface area contributed by atoms with E-state index in [2.05, 4.69) is 0 Å². The number of H-pyrrole nitrogens is 1. The topological polar surface area (TPSA) is 53.1 Å². The fourth-order valence-electron chi connectivity index (χ4n) is 1.06. The van der Waals surface area contributed by atoms with E-state index < -0.39 is 24.3 Å². The molecule has 1 heterocycles. The molecule has 0 aliphatic heterocycles. The predicted octanol–water partition coefficient (Wildman–Crippen LogP) is 1.11. The molecule has 0 fully saturated rings. The van der Waals surface area contributed by atoms with Crippen LogP contribution >= 0.6 is 0 Å². The number of aryl methyl sites for hydroxylation is 1. The minimum Gasteiger partial charge on any atom is -0.391 e. The summed E-state index contributed by atoms with van der Waals surface area (Å²) in [5.74, 6) is 0. The number of rotatable bonds is 2. The van der Waals surface area contributed by atoms with Gasteiger partial charge in [-0.3, -0.25) is 4.79 Å². The number of halogens is 2. The Morgan fingerprint density at radius 1 is 1.62 bits per heavy atom. The lowest BCUT2D eigenvalue weighted by Crippen LogP contribution is -2.16. The number of aliphatic hydroxyl groups is 1. The Hall–Kier alpha value is -1.23. The van der Waals surface area contributed by atoms with Gasteiger partial charge in [-0.1, -0.05) is 0 Å². The molecule has 0 saturated carbocycles. The second-order valence-electron chi connectivity index (χ2n) is 2.67. The maximum absolute atomic E-state index is 12.1. The highest BCUT2D eigenvalue weighted by Gasteiger charge is 2.11. The summed E-state index contributed by atoms with van der Waals surface area (Å²) in [5, 5.41) is 8.72. The van der Waals surface area contributed by atoms with Crippen molar-refractivity contribution in [2.75, 3.05) is 0 Å². The molecule has 0 radical (unpaired) electrons. The maximum atomic E-state index is 12.1. The molecule has 1 aromatic rings. The van der Waals surface area contributed by atoms with Crippen LogP contribution in [0, 0.1) is 6.92 Å². The largest absolute Gasteiger partial charge is 0.391 e. The van der Waals surface area contributed by atoms with Crippen LogP contribution in [0.2, 0.25) is 0 Å². The van der Waals surface area contributed by atoms with E-state index >= 15 is 0 Å². The Bertz CT molecular complexity index is 360. The average Bonchev–Trinajstić information content (AvgIpc) is 2.03. The van der Waals surface area contributed by atoms with Gasteiger partial charge in [-0.2, -0.15) is 0 Å². The molecule has 72 valence electrons. The number of aliphatic hydroxyl groups excluding tert-OH is 1. The zero-order valence-corrected chi connectivity index (χ0v) is 6.97. The van der Waals surface area contributed by atoms with Crippen LogP contribution in [0.1, 0.15) is 23.2 Å². The lowest BCUT2D eigenvalue weighted by atomic mass is 10.1. The first-order valence-electron chi connectivity index (χ1n) is 3.68. The summed E-state index contributed by atoms with van der Waals surface area (Å²) in [6.45, 7) is 1.07. The Morgan fingerprint density at radius 2 is 2.23 bits per heavy atom. The molecule has 0 unspecified atom stereocenters. The van der Waals surface area contributed by atoms with Crippen LogP contribution in [-0.2, 0) is 6.61 Å². The van der Waals surface area contributed by atoms with E-state index in [4.69, 9.17) is 5.11 Å². The number of aromatic nitrogens is 1. The lowest BCUT2D eigenvalue weighted by Gasteiger charge is -2.04. The summed E-state index contributed by atoms with van der Waals surface area (Å²) >= 11 is 0. The van der Waals surface area contributed by atoms with Gasteiger partial charge in [0.05, 0.1) is 12.3 Å². The summed E-state index contributed by atoms with van der Waals surface area (Å²) in [6.07, 6.45) is -2.70. The minimum absolute atomic E-state index is 0.129. The Morgan fingerprint density at radius 3 is 2.62 bits per heavy atom. The minimum atomic E-state index is -2.70. The number of hydrogen-bond acceptors (Lipinski definition) is 2. The lowest BCUT2D eigenvalue weighted by molar-refractivity contribution is 0.145. The van der Waals surface area contributed by atoms with Crippen LogP contribution in [0.3, 0.4) is 0 Å². The molecular weight excluding hydrogens is 180 g/mol. The van der Waals surface area contributed by atoms with Gasteiger partial charge in [0.15, 0.2) is 0 Å². The average molecular weight is 189 g/mol. The maximum Gasteiger partial charge on any atom is 0.278 e. The van der Waals surface area contributed by atoms with Gasteiger partial charge in [-0.05, 0) is 18.6 Å². The van der Waals surface area contributed by atoms with E-state index in [9.17, 15) is 13.6 Å². The zero-order chi connectivity index (χ0) is 10.0.